The zero-order valence-electron chi connectivity index (χ0n) is 11.6. The number of carbonyl (C=O) groups excluding carboxylic acids is 1. The van der Waals surface area contributed by atoms with E-state index in [9.17, 15) is 4.79 Å². The molecule has 0 heterocycles. The number of methoxy groups -OCH3 is 1. The number of nitrogen functional groups attached to an aromatic ring is 1. The summed E-state index contributed by atoms with van der Waals surface area (Å²) in [5.41, 5.74) is 9.15. The molecule has 104 valence electrons. The summed E-state index contributed by atoms with van der Waals surface area (Å²) in [6, 6.07) is 14.5. The second-order valence-corrected chi connectivity index (χ2v) is 4.64. The van der Waals surface area contributed by atoms with E-state index in [4.69, 9.17) is 10.5 Å². The van der Waals surface area contributed by atoms with E-state index in [1.807, 2.05) is 49.4 Å². The average Bonchev–Trinajstić information content (AvgIpc) is 2.44. The highest BCUT2D eigenvalue weighted by Crippen LogP contribution is 2.23. The SMILES string of the molecule is COC(=O)C(Nc1cc(C)cc(N)c1)c1ccccc1. The molecule has 1 unspecified atom stereocenters. The monoisotopic (exact) mass is 270 g/mol. The highest BCUT2D eigenvalue weighted by atomic mass is 16.5. The molecule has 2 aromatic rings. The van der Waals surface area contributed by atoms with Crippen LogP contribution in [0, 0.1) is 6.92 Å². The summed E-state index contributed by atoms with van der Waals surface area (Å²) >= 11 is 0. The third-order valence-electron chi connectivity index (χ3n) is 2.98. The minimum absolute atomic E-state index is 0.337. The second-order valence-electron chi connectivity index (χ2n) is 4.64. The zero-order valence-corrected chi connectivity index (χ0v) is 11.6. The Kier molecular flexibility index (Phi) is 4.25. The molecule has 0 aliphatic heterocycles. The Bertz CT molecular complexity index is 576. The third-order valence-corrected chi connectivity index (χ3v) is 2.98. The summed E-state index contributed by atoms with van der Waals surface area (Å²) in [4.78, 5) is 12.0. The van der Waals surface area contributed by atoms with Gasteiger partial charge in [-0.3, -0.25) is 0 Å². The van der Waals surface area contributed by atoms with Crippen LogP contribution in [0.1, 0.15) is 17.2 Å². The first-order valence-electron chi connectivity index (χ1n) is 6.36. The number of esters is 1. The normalized spacial score (nSPS) is 11.7. The van der Waals surface area contributed by atoms with Gasteiger partial charge in [0.25, 0.3) is 0 Å². The highest BCUT2D eigenvalue weighted by Gasteiger charge is 2.21. The molecule has 1 atom stereocenters. The van der Waals surface area contributed by atoms with Gasteiger partial charge >= 0.3 is 5.97 Å². The fourth-order valence-corrected chi connectivity index (χ4v) is 2.10. The Morgan fingerprint density at radius 3 is 2.50 bits per heavy atom. The Hall–Kier alpha value is -2.49. The Morgan fingerprint density at radius 1 is 1.20 bits per heavy atom. The van der Waals surface area contributed by atoms with Crippen molar-refractivity contribution in [3.8, 4) is 0 Å². The van der Waals surface area contributed by atoms with E-state index in [1.165, 1.54) is 7.11 Å². The van der Waals surface area contributed by atoms with Crippen LogP contribution in [0.2, 0.25) is 0 Å². The molecule has 0 amide bonds. The molecule has 0 saturated carbocycles. The van der Waals surface area contributed by atoms with Crippen molar-refractivity contribution in [2.45, 2.75) is 13.0 Å². The Morgan fingerprint density at radius 2 is 1.90 bits per heavy atom. The van der Waals surface area contributed by atoms with Crippen LogP contribution < -0.4 is 11.1 Å². The molecule has 4 heteroatoms. The lowest BCUT2D eigenvalue weighted by atomic mass is 10.1. The van der Waals surface area contributed by atoms with E-state index in [0.717, 1.165) is 16.8 Å². The Labute approximate surface area is 118 Å². The number of nitrogens with one attached hydrogen (secondary N) is 1. The molecular formula is C16H18N2O2. The van der Waals surface area contributed by atoms with Gasteiger partial charge in [0, 0.05) is 11.4 Å². The number of nitrogens with two attached hydrogens (primary N) is 1. The third kappa shape index (κ3) is 3.29. The fourth-order valence-electron chi connectivity index (χ4n) is 2.10. The van der Waals surface area contributed by atoms with Crippen LogP contribution in [0.4, 0.5) is 11.4 Å². The predicted octanol–water partition coefficient (Wildman–Crippen LogP) is 2.90. The molecule has 0 aliphatic rings. The van der Waals surface area contributed by atoms with Gasteiger partial charge in [0.05, 0.1) is 7.11 Å². The van der Waals surface area contributed by atoms with Crippen molar-refractivity contribution < 1.29 is 9.53 Å². The molecule has 0 saturated heterocycles. The minimum Gasteiger partial charge on any atom is -0.467 e. The van der Waals surface area contributed by atoms with E-state index in [1.54, 1.807) is 6.07 Å². The van der Waals surface area contributed by atoms with Crippen molar-refractivity contribution in [3.05, 3.63) is 59.7 Å². The molecule has 2 aromatic carbocycles. The van der Waals surface area contributed by atoms with Gasteiger partial charge in [-0.05, 0) is 36.2 Å². The first-order chi connectivity index (χ1) is 9.60. The van der Waals surface area contributed by atoms with Gasteiger partial charge in [-0.2, -0.15) is 0 Å². The van der Waals surface area contributed by atoms with E-state index in [-0.39, 0.29) is 5.97 Å². The molecule has 20 heavy (non-hydrogen) atoms. The summed E-state index contributed by atoms with van der Waals surface area (Å²) in [5, 5.41) is 3.17. The number of aryl methyl sites for hydroxylation is 1. The Balaban J connectivity index is 2.31. The van der Waals surface area contributed by atoms with Crippen molar-refractivity contribution in [2.75, 3.05) is 18.2 Å². The second kappa shape index (κ2) is 6.10. The topological polar surface area (TPSA) is 64.3 Å². The van der Waals surface area contributed by atoms with Crippen molar-refractivity contribution in [1.82, 2.24) is 0 Å². The van der Waals surface area contributed by atoms with Gasteiger partial charge < -0.3 is 15.8 Å². The van der Waals surface area contributed by atoms with Crippen LogP contribution in [-0.4, -0.2) is 13.1 Å². The van der Waals surface area contributed by atoms with E-state index in [2.05, 4.69) is 5.32 Å². The number of hydrogen-bond donors (Lipinski definition) is 2. The quantitative estimate of drug-likeness (QED) is 0.662. The largest absolute Gasteiger partial charge is 0.467 e. The van der Waals surface area contributed by atoms with E-state index >= 15 is 0 Å². The fraction of sp³-hybridized carbons (Fsp3) is 0.188. The molecule has 3 N–H and O–H groups in total. The van der Waals surface area contributed by atoms with Gasteiger partial charge in [-0.1, -0.05) is 30.3 Å². The van der Waals surface area contributed by atoms with Crippen molar-refractivity contribution in [2.24, 2.45) is 0 Å². The summed E-state index contributed by atoms with van der Waals surface area (Å²) in [6.45, 7) is 1.96. The molecule has 0 aliphatic carbocycles. The standard InChI is InChI=1S/C16H18N2O2/c1-11-8-13(17)10-14(9-11)18-15(16(19)20-2)12-6-4-3-5-7-12/h3-10,15,18H,17H2,1-2H3. The van der Waals surface area contributed by atoms with E-state index in [0.29, 0.717) is 5.69 Å². The number of carbonyl (C=O) groups is 1. The van der Waals surface area contributed by atoms with Gasteiger partial charge in [-0.25, -0.2) is 4.79 Å². The van der Waals surface area contributed by atoms with Crippen molar-refractivity contribution in [3.63, 3.8) is 0 Å². The zero-order chi connectivity index (χ0) is 14.5. The summed E-state index contributed by atoms with van der Waals surface area (Å²) < 4.78 is 4.87. The maximum atomic E-state index is 12.0. The predicted molar refractivity (Wildman–Crippen MR) is 80.4 cm³/mol. The molecule has 0 fully saturated rings. The summed E-state index contributed by atoms with van der Waals surface area (Å²) in [7, 11) is 1.38. The van der Waals surface area contributed by atoms with Crippen LogP contribution in [0.3, 0.4) is 0 Å². The molecule has 0 spiro atoms. The van der Waals surface area contributed by atoms with Crippen LogP contribution in [-0.2, 0) is 9.53 Å². The van der Waals surface area contributed by atoms with Gasteiger partial charge in [0.15, 0.2) is 6.04 Å². The molecule has 0 radical (unpaired) electrons. The maximum Gasteiger partial charge on any atom is 0.332 e. The lowest BCUT2D eigenvalue weighted by molar-refractivity contribution is -0.141. The van der Waals surface area contributed by atoms with Crippen molar-refractivity contribution >= 4 is 17.3 Å². The number of rotatable bonds is 4. The lowest BCUT2D eigenvalue weighted by Crippen LogP contribution is -2.22. The van der Waals surface area contributed by atoms with Crippen molar-refractivity contribution in [1.29, 1.82) is 0 Å². The molecular weight excluding hydrogens is 252 g/mol. The molecule has 0 aromatic heterocycles. The lowest BCUT2D eigenvalue weighted by Gasteiger charge is -2.18. The number of ether oxygens (including phenoxy) is 1. The van der Waals surface area contributed by atoms with E-state index < -0.39 is 6.04 Å². The van der Waals surface area contributed by atoms with Crippen LogP contribution in [0.5, 0.6) is 0 Å². The first kappa shape index (κ1) is 13.9. The summed E-state index contributed by atoms with van der Waals surface area (Å²) in [6.07, 6.45) is 0. The molecule has 4 nitrogen and oxygen atoms in total. The van der Waals surface area contributed by atoms with Gasteiger partial charge in [0.2, 0.25) is 0 Å². The molecule has 2 rings (SSSR count). The van der Waals surface area contributed by atoms with Crippen LogP contribution in [0.15, 0.2) is 48.5 Å². The number of hydrogen-bond acceptors (Lipinski definition) is 4. The number of benzene rings is 2. The maximum absolute atomic E-state index is 12.0. The average molecular weight is 270 g/mol. The molecule has 0 bridgehead atoms. The van der Waals surface area contributed by atoms with Crippen LogP contribution >= 0.6 is 0 Å². The highest BCUT2D eigenvalue weighted by molar-refractivity contribution is 5.81. The van der Waals surface area contributed by atoms with Gasteiger partial charge in [-0.15, -0.1) is 0 Å². The minimum atomic E-state index is -0.553. The smallest absolute Gasteiger partial charge is 0.332 e. The number of anilines is 2. The first-order valence-corrected chi connectivity index (χ1v) is 6.36. The van der Waals surface area contributed by atoms with Crippen LogP contribution in [0.25, 0.3) is 0 Å². The van der Waals surface area contributed by atoms with Gasteiger partial charge in [0.1, 0.15) is 0 Å². The summed E-state index contributed by atoms with van der Waals surface area (Å²) in [5.74, 6) is -0.337.